The van der Waals surface area contributed by atoms with Crippen LogP contribution in [0.25, 0.3) is 21.7 Å². The van der Waals surface area contributed by atoms with Gasteiger partial charge in [0, 0.05) is 11.1 Å². The van der Waals surface area contributed by atoms with Crippen molar-refractivity contribution in [1.29, 1.82) is 5.26 Å². The number of nitrogens with zero attached hydrogens (tertiary/aromatic N) is 2. The molecule has 7 heteroatoms. The van der Waals surface area contributed by atoms with E-state index in [0.29, 0.717) is 22.6 Å². The molecule has 0 bridgehead atoms. The van der Waals surface area contributed by atoms with Crippen molar-refractivity contribution in [3.63, 3.8) is 0 Å². The molecular formula is C25H18N2O4S. The summed E-state index contributed by atoms with van der Waals surface area (Å²) in [5, 5.41) is 21.7. The average Bonchev–Trinajstić information content (AvgIpc) is 3.37. The van der Waals surface area contributed by atoms with Gasteiger partial charge >= 0.3 is 5.97 Å². The Hall–Kier alpha value is -4.15. The lowest BCUT2D eigenvalue weighted by Gasteiger charge is -2.18. The van der Waals surface area contributed by atoms with Gasteiger partial charge in [-0.15, -0.1) is 11.3 Å². The fourth-order valence-electron chi connectivity index (χ4n) is 3.26. The zero-order valence-corrected chi connectivity index (χ0v) is 17.9. The predicted octanol–water partition coefficient (Wildman–Crippen LogP) is 5.56. The Morgan fingerprint density at radius 1 is 1.09 bits per heavy atom. The second-order valence-corrected chi connectivity index (χ2v) is 7.75. The van der Waals surface area contributed by atoms with Crippen molar-refractivity contribution in [2.24, 2.45) is 0 Å². The third-order valence-electron chi connectivity index (χ3n) is 4.83. The topological polar surface area (TPSA) is 92.4 Å². The highest BCUT2D eigenvalue weighted by molar-refractivity contribution is 7.13. The van der Waals surface area contributed by atoms with Crippen molar-refractivity contribution >= 4 is 17.3 Å². The van der Waals surface area contributed by atoms with E-state index in [4.69, 9.17) is 9.47 Å². The number of pyridine rings is 1. The van der Waals surface area contributed by atoms with Gasteiger partial charge in [0.15, 0.2) is 0 Å². The number of aliphatic carboxylic acids is 1. The third kappa shape index (κ3) is 4.31. The first-order valence-corrected chi connectivity index (χ1v) is 10.6. The first-order chi connectivity index (χ1) is 15.6. The van der Waals surface area contributed by atoms with E-state index in [1.807, 2.05) is 35.7 Å². The first-order valence-electron chi connectivity index (χ1n) is 9.68. The normalized spacial score (nSPS) is 11.4. The molecule has 0 aliphatic rings. The first kappa shape index (κ1) is 21.1. The highest BCUT2D eigenvalue weighted by Crippen LogP contribution is 2.37. The maximum absolute atomic E-state index is 12.0. The quantitative estimate of drug-likeness (QED) is 0.403. The van der Waals surface area contributed by atoms with Gasteiger partial charge in [0.05, 0.1) is 17.7 Å². The second-order valence-electron chi connectivity index (χ2n) is 6.80. The fraction of sp³-hybridized carbons (Fsp3) is 0.0800. The standard InChI is InChI=1S/C25H18N2O4S/c1-30-18-11-9-16(10-12-18)19-14-21(22-8-5-13-32-22)27-24(20(19)15-26)31-23(25(28)29)17-6-3-2-4-7-17/h2-14,23H,1H3,(H,28,29). The summed E-state index contributed by atoms with van der Waals surface area (Å²) < 4.78 is 11.1. The van der Waals surface area contributed by atoms with Crippen molar-refractivity contribution in [3.05, 3.63) is 89.3 Å². The number of nitriles is 1. The van der Waals surface area contributed by atoms with E-state index in [2.05, 4.69) is 11.1 Å². The molecule has 1 N–H and O–H groups in total. The minimum absolute atomic E-state index is 0.0273. The van der Waals surface area contributed by atoms with Gasteiger partial charge in [-0.25, -0.2) is 9.78 Å². The molecule has 158 valence electrons. The van der Waals surface area contributed by atoms with Crippen molar-refractivity contribution in [1.82, 2.24) is 4.98 Å². The van der Waals surface area contributed by atoms with Gasteiger partial charge < -0.3 is 14.6 Å². The number of carboxylic acids is 1. The summed E-state index contributed by atoms with van der Waals surface area (Å²) in [7, 11) is 1.58. The largest absolute Gasteiger partial charge is 0.497 e. The van der Waals surface area contributed by atoms with Gasteiger partial charge in [0.1, 0.15) is 17.4 Å². The van der Waals surface area contributed by atoms with Crippen LogP contribution in [0.15, 0.2) is 78.2 Å². The highest BCUT2D eigenvalue weighted by Gasteiger charge is 2.26. The van der Waals surface area contributed by atoms with Crippen LogP contribution in [0.3, 0.4) is 0 Å². The van der Waals surface area contributed by atoms with Crippen LogP contribution < -0.4 is 9.47 Å². The summed E-state index contributed by atoms with van der Waals surface area (Å²) in [6, 6.07) is 23.6. The highest BCUT2D eigenvalue weighted by atomic mass is 32.1. The van der Waals surface area contributed by atoms with E-state index in [1.54, 1.807) is 49.6 Å². The van der Waals surface area contributed by atoms with Crippen molar-refractivity contribution in [3.8, 4) is 39.4 Å². The Morgan fingerprint density at radius 3 is 2.44 bits per heavy atom. The number of ether oxygens (including phenoxy) is 2. The minimum Gasteiger partial charge on any atom is -0.497 e. The molecule has 0 saturated heterocycles. The lowest BCUT2D eigenvalue weighted by atomic mass is 10.00. The summed E-state index contributed by atoms with van der Waals surface area (Å²) in [5.41, 5.74) is 2.58. The van der Waals surface area contributed by atoms with Crippen LogP contribution in [-0.4, -0.2) is 23.2 Å². The predicted molar refractivity (Wildman–Crippen MR) is 122 cm³/mol. The minimum atomic E-state index is -1.31. The zero-order valence-electron chi connectivity index (χ0n) is 17.1. The number of carbonyl (C=O) groups is 1. The van der Waals surface area contributed by atoms with E-state index in [-0.39, 0.29) is 11.4 Å². The smallest absolute Gasteiger partial charge is 0.349 e. The lowest BCUT2D eigenvalue weighted by Crippen LogP contribution is -2.19. The molecule has 0 amide bonds. The molecule has 32 heavy (non-hydrogen) atoms. The lowest BCUT2D eigenvalue weighted by molar-refractivity contribution is -0.145. The summed E-state index contributed by atoms with van der Waals surface area (Å²) >= 11 is 1.49. The molecule has 4 rings (SSSR count). The molecule has 1 unspecified atom stereocenters. The average molecular weight is 442 g/mol. The molecule has 0 fully saturated rings. The third-order valence-corrected chi connectivity index (χ3v) is 5.72. The fourth-order valence-corrected chi connectivity index (χ4v) is 3.95. The van der Waals surface area contributed by atoms with Gasteiger partial charge in [-0.2, -0.15) is 5.26 Å². The maximum atomic E-state index is 12.0. The number of hydrogen-bond acceptors (Lipinski definition) is 6. The van der Waals surface area contributed by atoms with Crippen LogP contribution in [0, 0.1) is 11.3 Å². The molecule has 0 spiro atoms. The van der Waals surface area contributed by atoms with Crippen LogP contribution in [-0.2, 0) is 4.79 Å². The van der Waals surface area contributed by atoms with Crippen LogP contribution >= 0.6 is 11.3 Å². The summed E-state index contributed by atoms with van der Waals surface area (Å²) in [6.45, 7) is 0. The Balaban J connectivity index is 1.87. The number of aromatic nitrogens is 1. The molecule has 4 aromatic rings. The van der Waals surface area contributed by atoms with Crippen LogP contribution in [0.5, 0.6) is 11.6 Å². The summed E-state index contributed by atoms with van der Waals surface area (Å²) in [6.07, 6.45) is -1.31. The molecule has 2 aromatic heterocycles. The van der Waals surface area contributed by atoms with Gasteiger partial charge in [-0.3, -0.25) is 0 Å². The molecule has 2 aromatic carbocycles. The Kier molecular flexibility index (Phi) is 6.15. The molecule has 0 aliphatic heterocycles. The number of carboxylic acid groups (broad SMARTS) is 1. The second kappa shape index (κ2) is 9.33. The molecule has 1 atom stereocenters. The molecular weight excluding hydrogens is 424 g/mol. The number of rotatable bonds is 7. The number of methoxy groups -OCH3 is 1. The van der Waals surface area contributed by atoms with E-state index >= 15 is 0 Å². The van der Waals surface area contributed by atoms with E-state index in [1.165, 1.54) is 11.3 Å². The summed E-state index contributed by atoms with van der Waals surface area (Å²) in [4.78, 5) is 17.4. The molecule has 6 nitrogen and oxygen atoms in total. The SMILES string of the molecule is COc1ccc(-c2cc(-c3cccs3)nc(OC(C(=O)O)c3ccccc3)c2C#N)cc1. The van der Waals surface area contributed by atoms with Crippen LogP contribution in [0.2, 0.25) is 0 Å². The molecule has 2 heterocycles. The Morgan fingerprint density at radius 2 is 1.84 bits per heavy atom. The number of hydrogen-bond donors (Lipinski definition) is 1. The summed E-state index contributed by atoms with van der Waals surface area (Å²) in [5.74, 6) is -0.513. The Labute approximate surface area is 188 Å². The number of thiophene rings is 1. The monoisotopic (exact) mass is 442 g/mol. The van der Waals surface area contributed by atoms with Crippen molar-refractivity contribution in [2.75, 3.05) is 7.11 Å². The Bertz CT molecular complexity index is 1260. The van der Waals surface area contributed by atoms with Crippen molar-refractivity contribution in [2.45, 2.75) is 6.10 Å². The number of benzene rings is 2. The molecule has 0 radical (unpaired) electrons. The van der Waals surface area contributed by atoms with Crippen molar-refractivity contribution < 1.29 is 19.4 Å². The van der Waals surface area contributed by atoms with E-state index < -0.39 is 12.1 Å². The zero-order chi connectivity index (χ0) is 22.5. The molecule has 0 saturated carbocycles. The van der Waals surface area contributed by atoms with Gasteiger partial charge in [0.2, 0.25) is 12.0 Å². The van der Waals surface area contributed by atoms with Gasteiger partial charge in [0.25, 0.3) is 0 Å². The van der Waals surface area contributed by atoms with Crippen LogP contribution in [0.1, 0.15) is 17.2 Å². The van der Waals surface area contributed by atoms with E-state index in [9.17, 15) is 15.2 Å². The van der Waals surface area contributed by atoms with Gasteiger partial charge in [-0.1, -0.05) is 48.5 Å². The van der Waals surface area contributed by atoms with Crippen LogP contribution in [0.4, 0.5) is 0 Å². The van der Waals surface area contributed by atoms with Gasteiger partial charge in [-0.05, 0) is 35.2 Å². The molecule has 0 aliphatic carbocycles. The maximum Gasteiger partial charge on any atom is 0.349 e. The van der Waals surface area contributed by atoms with E-state index in [0.717, 1.165) is 10.4 Å².